The second-order valence-corrected chi connectivity index (χ2v) is 9.90. The number of nitrogens with one attached hydrogen (secondary N) is 1. The predicted octanol–water partition coefficient (Wildman–Crippen LogP) is 6.75. The van der Waals surface area contributed by atoms with Gasteiger partial charge in [0.05, 0.1) is 6.61 Å². The Morgan fingerprint density at radius 3 is 2.44 bits per heavy atom. The van der Waals surface area contributed by atoms with Crippen LogP contribution in [0, 0.1) is 5.92 Å². The first-order valence-corrected chi connectivity index (χ1v) is 12.9. The maximum atomic E-state index is 12.6. The van der Waals surface area contributed by atoms with Gasteiger partial charge in [0.25, 0.3) is 0 Å². The van der Waals surface area contributed by atoms with E-state index in [1.807, 2.05) is 18.3 Å². The van der Waals surface area contributed by atoms with Crippen LogP contribution in [0.2, 0.25) is 10.0 Å². The van der Waals surface area contributed by atoms with Gasteiger partial charge in [-0.15, -0.1) is 0 Å². The molecule has 1 N–H and O–H groups in total. The molecular weight excluding hydrogens is 497 g/mol. The van der Waals surface area contributed by atoms with Crippen molar-refractivity contribution >= 4 is 35.0 Å². The zero-order valence-electron chi connectivity index (χ0n) is 20.3. The summed E-state index contributed by atoms with van der Waals surface area (Å²) in [6.07, 6.45) is 5.17. The number of piperidine rings is 1. The van der Waals surface area contributed by atoms with E-state index in [0.29, 0.717) is 21.7 Å². The molecule has 4 rings (SSSR count). The van der Waals surface area contributed by atoms with Crippen molar-refractivity contribution < 1.29 is 14.3 Å². The van der Waals surface area contributed by atoms with Crippen molar-refractivity contribution in [3.8, 4) is 11.1 Å². The molecule has 0 saturated carbocycles. The molecule has 190 valence electrons. The van der Waals surface area contributed by atoms with Gasteiger partial charge in [-0.2, -0.15) is 0 Å². The molecule has 0 aliphatic carbocycles. The molecule has 1 aliphatic heterocycles. The second kappa shape index (κ2) is 13.1. The van der Waals surface area contributed by atoms with Crippen LogP contribution in [-0.2, 0) is 9.47 Å². The topological polar surface area (TPSA) is 63.7 Å². The minimum atomic E-state index is -0.525. The lowest BCUT2D eigenvalue weighted by Gasteiger charge is -2.36. The van der Waals surface area contributed by atoms with E-state index in [-0.39, 0.29) is 12.5 Å². The fraction of sp³-hybridized carbons (Fsp3) is 0.357. The Morgan fingerprint density at radius 2 is 1.81 bits per heavy atom. The van der Waals surface area contributed by atoms with Gasteiger partial charge >= 0.3 is 6.09 Å². The van der Waals surface area contributed by atoms with Gasteiger partial charge in [0.2, 0.25) is 0 Å². The number of nitrogens with zero attached hydrogens (tertiary/aromatic N) is 2. The highest BCUT2D eigenvalue weighted by Crippen LogP contribution is 2.34. The van der Waals surface area contributed by atoms with Gasteiger partial charge < -0.3 is 14.4 Å². The molecule has 6 nitrogen and oxygen atoms in total. The molecular formula is C28H31Cl2N3O3. The van der Waals surface area contributed by atoms with Gasteiger partial charge in [0, 0.05) is 47.7 Å². The van der Waals surface area contributed by atoms with Gasteiger partial charge in [-0.05, 0) is 72.8 Å². The fourth-order valence-electron chi connectivity index (χ4n) is 4.71. The quantitative estimate of drug-likeness (QED) is 0.333. The number of halogens is 2. The van der Waals surface area contributed by atoms with Gasteiger partial charge in [0.1, 0.15) is 6.61 Å². The van der Waals surface area contributed by atoms with Gasteiger partial charge in [0.15, 0.2) is 0 Å². The molecule has 0 bridgehead atoms. The number of pyridine rings is 1. The summed E-state index contributed by atoms with van der Waals surface area (Å²) in [5, 5.41) is 3.63. The lowest BCUT2D eigenvalue weighted by Crippen LogP contribution is -2.38. The van der Waals surface area contributed by atoms with Crippen LogP contribution in [-0.4, -0.2) is 55.9 Å². The molecule has 2 aromatic carbocycles. The Labute approximate surface area is 222 Å². The molecule has 0 spiro atoms. The smallest absolute Gasteiger partial charge is 0.411 e. The van der Waals surface area contributed by atoms with Gasteiger partial charge in [-0.1, -0.05) is 53.5 Å². The summed E-state index contributed by atoms with van der Waals surface area (Å²) in [5.41, 5.74) is 3.84. The van der Waals surface area contributed by atoms with Crippen molar-refractivity contribution in [3.63, 3.8) is 0 Å². The minimum absolute atomic E-state index is 0.0891. The van der Waals surface area contributed by atoms with E-state index in [9.17, 15) is 4.79 Å². The molecule has 1 amide bonds. The largest absolute Gasteiger partial charge is 0.449 e. The summed E-state index contributed by atoms with van der Waals surface area (Å²) in [6, 6.07) is 17.4. The first-order valence-electron chi connectivity index (χ1n) is 12.1. The van der Waals surface area contributed by atoms with E-state index >= 15 is 0 Å². The zero-order chi connectivity index (χ0) is 25.3. The number of carbonyl (C=O) groups excluding carboxylic acids is 1. The van der Waals surface area contributed by atoms with Crippen molar-refractivity contribution in [2.24, 2.45) is 5.92 Å². The lowest BCUT2D eigenvalue weighted by molar-refractivity contribution is 0.0969. The highest BCUT2D eigenvalue weighted by molar-refractivity contribution is 6.35. The number of hydrogen-bond acceptors (Lipinski definition) is 5. The lowest BCUT2D eigenvalue weighted by atomic mass is 9.80. The fourth-order valence-corrected chi connectivity index (χ4v) is 5.23. The second-order valence-electron chi connectivity index (χ2n) is 9.02. The number of hydrogen-bond donors (Lipinski definition) is 1. The van der Waals surface area contributed by atoms with Crippen molar-refractivity contribution in [2.45, 2.75) is 18.8 Å². The summed E-state index contributed by atoms with van der Waals surface area (Å²) < 4.78 is 11.0. The number of likely N-dealkylation sites (tertiary alicyclic amines) is 1. The molecule has 0 radical (unpaired) electrons. The molecule has 1 saturated heterocycles. The standard InChI is InChI=1S/C28H31Cl2N3O3/c1-35-14-13-33-11-8-22(9-12-33)27(19-36-28(34)32-26-16-24(29)15-25(30)17-26)21-6-4-20(5-7-21)23-3-2-10-31-18-23/h2-7,10,15-18,22,27H,8-9,11-14,19H2,1H3,(H,32,34). The van der Waals surface area contributed by atoms with Crippen molar-refractivity contribution in [1.82, 2.24) is 9.88 Å². The SMILES string of the molecule is COCCN1CCC(C(COC(=O)Nc2cc(Cl)cc(Cl)c2)c2ccc(-c3cccnc3)cc2)CC1. The first kappa shape index (κ1) is 26.4. The Hall–Kier alpha value is -2.64. The van der Waals surface area contributed by atoms with Crippen LogP contribution >= 0.6 is 23.2 Å². The maximum absolute atomic E-state index is 12.6. The summed E-state index contributed by atoms with van der Waals surface area (Å²) in [7, 11) is 1.73. The van der Waals surface area contributed by atoms with E-state index < -0.39 is 6.09 Å². The number of aromatic nitrogens is 1. The van der Waals surface area contributed by atoms with Crippen LogP contribution in [0.25, 0.3) is 11.1 Å². The van der Waals surface area contributed by atoms with Gasteiger partial charge in [-0.25, -0.2) is 4.79 Å². The molecule has 1 aliphatic rings. The summed E-state index contributed by atoms with van der Waals surface area (Å²) in [4.78, 5) is 19.3. The number of benzene rings is 2. The summed E-state index contributed by atoms with van der Waals surface area (Å²) in [6.45, 7) is 3.97. The number of amides is 1. The third-order valence-electron chi connectivity index (χ3n) is 6.65. The average Bonchev–Trinajstić information content (AvgIpc) is 2.88. The molecule has 1 aromatic heterocycles. The number of rotatable bonds is 9. The first-order chi connectivity index (χ1) is 17.5. The van der Waals surface area contributed by atoms with E-state index in [1.54, 1.807) is 31.5 Å². The maximum Gasteiger partial charge on any atom is 0.411 e. The Morgan fingerprint density at radius 1 is 1.08 bits per heavy atom. The predicted molar refractivity (Wildman–Crippen MR) is 145 cm³/mol. The van der Waals surface area contributed by atoms with Crippen LogP contribution < -0.4 is 5.32 Å². The van der Waals surface area contributed by atoms with Crippen molar-refractivity contribution in [2.75, 3.05) is 45.3 Å². The number of methoxy groups -OCH3 is 1. The third-order valence-corrected chi connectivity index (χ3v) is 7.09. The monoisotopic (exact) mass is 527 g/mol. The minimum Gasteiger partial charge on any atom is -0.449 e. The van der Waals surface area contributed by atoms with E-state index in [0.717, 1.165) is 55.8 Å². The molecule has 8 heteroatoms. The summed E-state index contributed by atoms with van der Waals surface area (Å²) in [5.74, 6) is 0.493. The Balaban J connectivity index is 1.45. The highest BCUT2D eigenvalue weighted by atomic mass is 35.5. The number of carbonyl (C=O) groups is 1. The van der Waals surface area contributed by atoms with Crippen LogP contribution in [0.5, 0.6) is 0 Å². The third kappa shape index (κ3) is 7.43. The van der Waals surface area contributed by atoms with Crippen LogP contribution in [0.1, 0.15) is 24.3 Å². The molecule has 2 heterocycles. The molecule has 1 atom stereocenters. The molecule has 1 fully saturated rings. The molecule has 36 heavy (non-hydrogen) atoms. The van der Waals surface area contributed by atoms with E-state index in [4.69, 9.17) is 32.7 Å². The number of anilines is 1. The van der Waals surface area contributed by atoms with E-state index in [1.165, 1.54) is 0 Å². The number of ether oxygens (including phenoxy) is 2. The van der Waals surface area contributed by atoms with E-state index in [2.05, 4.69) is 39.5 Å². The van der Waals surface area contributed by atoms with Crippen LogP contribution in [0.4, 0.5) is 10.5 Å². The van der Waals surface area contributed by atoms with Crippen LogP contribution in [0.3, 0.4) is 0 Å². The van der Waals surface area contributed by atoms with Crippen molar-refractivity contribution in [3.05, 3.63) is 82.6 Å². The Kier molecular flexibility index (Phi) is 9.59. The summed E-state index contributed by atoms with van der Waals surface area (Å²) >= 11 is 12.1. The Bertz CT molecular complexity index is 1100. The normalized spacial score (nSPS) is 15.4. The zero-order valence-corrected chi connectivity index (χ0v) is 21.8. The highest BCUT2D eigenvalue weighted by Gasteiger charge is 2.29. The molecule has 1 unspecified atom stereocenters. The van der Waals surface area contributed by atoms with Crippen molar-refractivity contribution in [1.29, 1.82) is 0 Å². The van der Waals surface area contributed by atoms with Crippen LogP contribution in [0.15, 0.2) is 67.0 Å². The molecule has 3 aromatic rings. The average molecular weight is 528 g/mol. The van der Waals surface area contributed by atoms with Gasteiger partial charge in [-0.3, -0.25) is 10.3 Å².